The van der Waals surface area contributed by atoms with Gasteiger partial charge in [0.2, 0.25) is 0 Å². The molecule has 0 aliphatic rings. The zero-order valence-electron chi connectivity index (χ0n) is 13.1. The number of benzene rings is 2. The molecule has 120 valence electrons. The molecule has 0 fully saturated rings. The van der Waals surface area contributed by atoms with Gasteiger partial charge in [-0.3, -0.25) is 4.79 Å². The van der Waals surface area contributed by atoms with Crippen molar-refractivity contribution in [2.45, 2.75) is 4.90 Å². The fourth-order valence-electron chi connectivity index (χ4n) is 2.06. The molecule has 0 radical (unpaired) electrons. The SMILES string of the molecule is COc1cc(OC)c(C(=O)/C=C/c2ccc(Cl)cc2)cc1SC. The summed E-state index contributed by atoms with van der Waals surface area (Å²) in [4.78, 5) is 13.4. The molecule has 0 bridgehead atoms. The number of halogens is 1. The molecule has 5 heteroatoms. The number of carbonyl (C=O) groups excluding carboxylic acids is 1. The summed E-state index contributed by atoms with van der Waals surface area (Å²) in [6.07, 6.45) is 5.21. The Hall–Kier alpha value is -1.91. The first-order valence-electron chi connectivity index (χ1n) is 6.87. The zero-order chi connectivity index (χ0) is 16.8. The molecule has 0 aromatic heterocycles. The van der Waals surface area contributed by atoms with E-state index < -0.39 is 0 Å². The van der Waals surface area contributed by atoms with E-state index in [1.165, 1.54) is 24.9 Å². The highest BCUT2D eigenvalue weighted by atomic mass is 35.5. The second-order valence-electron chi connectivity index (χ2n) is 4.66. The fourth-order valence-corrected chi connectivity index (χ4v) is 2.76. The lowest BCUT2D eigenvalue weighted by atomic mass is 10.1. The van der Waals surface area contributed by atoms with E-state index in [9.17, 15) is 4.79 Å². The molecule has 2 aromatic carbocycles. The predicted octanol–water partition coefficient (Wildman–Crippen LogP) is 4.98. The monoisotopic (exact) mass is 348 g/mol. The number of carbonyl (C=O) groups is 1. The number of rotatable bonds is 6. The number of hydrogen-bond donors (Lipinski definition) is 0. The average molecular weight is 349 g/mol. The van der Waals surface area contributed by atoms with E-state index >= 15 is 0 Å². The van der Waals surface area contributed by atoms with Crippen LogP contribution < -0.4 is 9.47 Å². The minimum Gasteiger partial charge on any atom is -0.496 e. The minimum absolute atomic E-state index is 0.130. The van der Waals surface area contributed by atoms with Gasteiger partial charge < -0.3 is 9.47 Å². The Morgan fingerprint density at radius 2 is 1.74 bits per heavy atom. The van der Waals surface area contributed by atoms with Crippen molar-refractivity contribution in [1.29, 1.82) is 0 Å². The number of ketones is 1. The van der Waals surface area contributed by atoms with Gasteiger partial charge in [0.25, 0.3) is 0 Å². The number of hydrogen-bond acceptors (Lipinski definition) is 4. The summed E-state index contributed by atoms with van der Waals surface area (Å²) in [5, 5.41) is 0.662. The van der Waals surface area contributed by atoms with Crippen LogP contribution in [0, 0.1) is 0 Å². The van der Waals surface area contributed by atoms with Gasteiger partial charge in [0.15, 0.2) is 5.78 Å². The van der Waals surface area contributed by atoms with E-state index in [-0.39, 0.29) is 5.78 Å². The number of allylic oxidation sites excluding steroid dienone is 1. The van der Waals surface area contributed by atoms with Gasteiger partial charge in [0.1, 0.15) is 11.5 Å². The maximum atomic E-state index is 12.5. The molecule has 0 saturated carbocycles. The summed E-state index contributed by atoms with van der Waals surface area (Å²) in [5.41, 5.74) is 1.41. The average Bonchev–Trinajstić information content (AvgIpc) is 2.59. The van der Waals surface area contributed by atoms with Crippen molar-refractivity contribution in [1.82, 2.24) is 0 Å². The molecular formula is C18H17ClO3S. The van der Waals surface area contributed by atoms with E-state index in [0.717, 1.165) is 10.5 Å². The van der Waals surface area contributed by atoms with Crippen LogP contribution in [-0.2, 0) is 0 Å². The van der Waals surface area contributed by atoms with Crippen LogP contribution in [0.3, 0.4) is 0 Å². The van der Waals surface area contributed by atoms with E-state index in [4.69, 9.17) is 21.1 Å². The van der Waals surface area contributed by atoms with Crippen molar-refractivity contribution < 1.29 is 14.3 Å². The van der Waals surface area contributed by atoms with Crippen LogP contribution in [0.15, 0.2) is 47.4 Å². The van der Waals surface area contributed by atoms with Crippen molar-refractivity contribution in [3.63, 3.8) is 0 Å². The third-order valence-corrected chi connectivity index (χ3v) is 4.28. The quantitative estimate of drug-likeness (QED) is 0.419. The molecule has 0 heterocycles. The topological polar surface area (TPSA) is 35.5 Å². The molecule has 2 rings (SSSR count). The molecule has 0 aliphatic carbocycles. The molecule has 0 N–H and O–H groups in total. The normalized spacial score (nSPS) is 10.8. The maximum absolute atomic E-state index is 12.5. The second kappa shape index (κ2) is 8.09. The third kappa shape index (κ3) is 4.30. The van der Waals surface area contributed by atoms with Gasteiger partial charge in [0, 0.05) is 11.1 Å². The lowest BCUT2D eigenvalue weighted by molar-refractivity contribution is 0.104. The highest BCUT2D eigenvalue weighted by Crippen LogP contribution is 2.34. The van der Waals surface area contributed by atoms with Crippen molar-refractivity contribution in [3.05, 3.63) is 58.6 Å². The molecule has 0 aliphatic heterocycles. The molecule has 3 nitrogen and oxygen atoms in total. The molecule has 0 unspecified atom stereocenters. The molecule has 0 amide bonds. The van der Waals surface area contributed by atoms with E-state index in [1.54, 1.807) is 37.5 Å². The van der Waals surface area contributed by atoms with Crippen molar-refractivity contribution >= 4 is 35.2 Å². The van der Waals surface area contributed by atoms with Crippen LogP contribution in [-0.4, -0.2) is 26.3 Å². The predicted molar refractivity (Wildman–Crippen MR) is 96.1 cm³/mol. The summed E-state index contributed by atoms with van der Waals surface area (Å²) in [6.45, 7) is 0. The van der Waals surface area contributed by atoms with Crippen molar-refractivity contribution in [3.8, 4) is 11.5 Å². The van der Waals surface area contributed by atoms with Gasteiger partial charge in [-0.1, -0.05) is 29.8 Å². The standard InChI is InChI=1S/C18H17ClO3S/c1-21-16-11-17(22-2)18(23-3)10-14(16)15(20)9-6-12-4-7-13(19)8-5-12/h4-11H,1-3H3/b9-6+. The van der Waals surface area contributed by atoms with Gasteiger partial charge >= 0.3 is 0 Å². The lowest BCUT2D eigenvalue weighted by Crippen LogP contribution is -2.01. The largest absolute Gasteiger partial charge is 0.496 e. The minimum atomic E-state index is -0.130. The number of methoxy groups -OCH3 is 2. The van der Waals surface area contributed by atoms with Gasteiger partial charge in [-0.25, -0.2) is 0 Å². The first-order chi connectivity index (χ1) is 11.1. The summed E-state index contributed by atoms with van der Waals surface area (Å²) in [6, 6.07) is 10.8. The lowest BCUT2D eigenvalue weighted by Gasteiger charge is -2.12. The van der Waals surface area contributed by atoms with E-state index in [1.807, 2.05) is 18.4 Å². The Balaban J connectivity index is 2.32. The Morgan fingerprint density at radius 3 is 2.30 bits per heavy atom. The van der Waals surface area contributed by atoms with Crippen LogP contribution >= 0.6 is 23.4 Å². The Morgan fingerprint density at radius 1 is 1.09 bits per heavy atom. The van der Waals surface area contributed by atoms with E-state index in [2.05, 4.69) is 0 Å². The third-order valence-electron chi connectivity index (χ3n) is 3.27. The van der Waals surface area contributed by atoms with Crippen molar-refractivity contribution in [2.75, 3.05) is 20.5 Å². The Kier molecular flexibility index (Phi) is 6.13. The number of thioether (sulfide) groups is 1. The highest BCUT2D eigenvalue weighted by molar-refractivity contribution is 7.98. The van der Waals surface area contributed by atoms with Crippen LogP contribution in [0.5, 0.6) is 11.5 Å². The smallest absolute Gasteiger partial charge is 0.189 e. The summed E-state index contributed by atoms with van der Waals surface area (Å²) >= 11 is 7.37. The molecule has 0 atom stereocenters. The summed E-state index contributed by atoms with van der Waals surface area (Å²) in [5.74, 6) is 1.05. The second-order valence-corrected chi connectivity index (χ2v) is 5.94. The van der Waals surface area contributed by atoms with Gasteiger partial charge in [0.05, 0.1) is 24.7 Å². The molecule has 0 spiro atoms. The summed E-state index contributed by atoms with van der Waals surface area (Å²) in [7, 11) is 3.13. The Bertz CT molecular complexity index is 724. The van der Waals surface area contributed by atoms with Crippen LogP contribution in [0.1, 0.15) is 15.9 Å². The zero-order valence-corrected chi connectivity index (χ0v) is 14.7. The van der Waals surface area contributed by atoms with Crippen molar-refractivity contribution in [2.24, 2.45) is 0 Å². The van der Waals surface area contributed by atoms with Crippen LogP contribution in [0.2, 0.25) is 5.02 Å². The van der Waals surface area contributed by atoms with Gasteiger partial charge in [-0.2, -0.15) is 0 Å². The summed E-state index contributed by atoms with van der Waals surface area (Å²) < 4.78 is 10.6. The first kappa shape index (κ1) is 17.4. The first-order valence-corrected chi connectivity index (χ1v) is 8.47. The maximum Gasteiger partial charge on any atom is 0.189 e. The van der Waals surface area contributed by atoms with Crippen LogP contribution in [0.4, 0.5) is 0 Å². The van der Waals surface area contributed by atoms with Crippen LogP contribution in [0.25, 0.3) is 6.08 Å². The molecule has 2 aromatic rings. The van der Waals surface area contributed by atoms with E-state index in [0.29, 0.717) is 22.1 Å². The van der Waals surface area contributed by atoms with Gasteiger partial charge in [-0.15, -0.1) is 11.8 Å². The fraction of sp³-hybridized carbons (Fsp3) is 0.167. The van der Waals surface area contributed by atoms with Gasteiger partial charge in [-0.05, 0) is 36.1 Å². The molecule has 23 heavy (non-hydrogen) atoms. The molecule has 0 saturated heterocycles. The molecular weight excluding hydrogens is 332 g/mol. The highest BCUT2D eigenvalue weighted by Gasteiger charge is 2.15. The Labute approximate surface area is 145 Å². The number of ether oxygens (including phenoxy) is 2.